The van der Waals surface area contributed by atoms with E-state index < -0.39 is 0 Å². The lowest BCUT2D eigenvalue weighted by Crippen LogP contribution is -2.11. The van der Waals surface area contributed by atoms with Gasteiger partial charge in [0.15, 0.2) is 6.29 Å². The van der Waals surface area contributed by atoms with Gasteiger partial charge >= 0.3 is 0 Å². The highest BCUT2D eigenvalue weighted by atomic mass is 16.5. The second-order valence-electron chi connectivity index (χ2n) is 6.03. The van der Waals surface area contributed by atoms with Crippen LogP contribution >= 0.6 is 0 Å². The normalized spacial score (nSPS) is 10.8. The highest BCUT2D eigenvalue weighted by Gasteiger charge is 2.12. The average molecular weight is 322 g/mol. The Morgan fingerprint density at radius 1 is 1.12 bits per heavy atom. The van der Waals surface area contributed by atoms with Crippen LogP contribution in [-0.4, -0.2) is 31.6 Å². The number of fused-ring (bicyclic) bond motifs is 1. The van der Waals surface area contributed by atoms with Crippen LogP contribution < -0.4 is 9.64 Å². The Balaban J connectivity index is 1.78. The molecule has 0 unspecified atom stereocenters. The Kier molecular flexibility index (Phi) is 4.56. The number of hydrogen-bond donors (Lipinski definition) is 0. The first-order chi connectivity index (χ1) is 11.6. The molecule has 0 aliphatic rings. The number of ether oxygens (including phenoxy) is 1. The van der Waals surface area contributed by atoms with Crippen LogP contribution in [0, 0.1) is 6.92 Å². The van der Waals surface area contributed by atoms with Crippen molar-refractivity contribution >= 4 is 22.9 Å². The fourth-order valence-corrected chi connectivity index (χ4v) is 3.00. The van der Waals surface area contributed by atoms with Gasteiger partial charge in [-0.1, -0.05) is 24.3 Å². The molecule has 0 saturated heterocycles. The van der Waals surface area contributed by atoms with E-state index in [0.717, 1.165) is 39.9 Å². The zero-order chi connectivity index (χ0) is 17.1. The van der Waals surface area contributed by atoms with Crippen molar-refractivity contribution in [3.63, 3.8) is 0 Å². The molecule has 24 heavy (non-hydrogen) atoms. The van der Waals surface area contributed by atoms with E-state index in [1.807, 2.05) is 74.4 Å². The third kappa shape index (κ3) is 3.00. The van der Waals surface area contributed by atoms with Gasteiger partial charge in [-0.25, -0.2) is 0 Å². The first-order valence-electron chi connectivity index (χ1n) is 8.05. The minimum atomic E-state index is 0.550. The number of anilines is 1. The quantitative estimate of drug-likeness (QED) is 0.645. The van der Waals surface area contributed by atoms with Crippen LogP contribution in [0.4, 0.5) is 5.69 Å². The van der Waals surface area contributed by atoms with Gasteiger partial charge in [0.05, 0.1) is 6.54 Å². The van der Waals surface area contributed by atoms with Gasteiger partial charge in [-0.3, -0.25) is 4.79 Å². The molecule has 0 aliphatic heterocycles. The fraction of sp³-hybridized carbons (Fsp3) is 0.250. The number of benzene rings is 2. The van der Waals surface area contributed by atoms with Crippen LogP contribution in [0.1, 0.15) is 16.1 Å². The van der Waals surface area contributed by atoms with Gasteiger partial charge in [0.1, 0.15) is 12.4 Å². The van der Waals surface area contributed by atoms with E-state index in [1.165, 1.54) is 0 Å². The maximum atomic E-state index is 11.4. The molecule has 0 atom stereocenters. The number of carbonyl (C=O) groups is 1. The fourth-order valence-electron chi connectivity index (χ4n) is 3.00. The number of hydrogen-bond acceptors (Lipinski definition) is 3. The second-order valence-corrected chi connectivity index (χ2v) is 6.03. The van der Waals surface area contributed by atoms with Gasteiger partial charge in [0.25, 0.3) is 0 Å². The predicted molar refractivity (Wildman–Crippen MR) is 98.3 cm³/mol. The lowest BCUT2D eigenvalue weighted by Gasteiger charge is -2.15. The van der Waals surface area contributed by atoms with Crippen molar-refractivity contribution in [3.8, 4) is 5.75 Å². The number of para-hydroxylation sites is 1. The molecule has 0 bridgehead atoms. The molecule has 3 aromatic rings. The Morgan fingerprint density at radius 2 is 1.92 bits per heavy atom. The molecular weight excluding hydrogens is 300 g/mol. The van der Waals surface area contributed by atoms with Crippen molar-refractivity contribution < 1.29 is 9.53 Å². The number of rotatable bonds is 6. The van der Waals surface area contributed by atoms with Crippen LogP contribution in [-0.2, 0) is 6.54 Å². The summed E-state index contributed by atoms with van der Waals surface area (Å²) < 4.78 is 8.06. The molecular formula is C20H22N2O2. The first-order valence-corrected chi connectivity index (χ1v) is 8.05. The molecule has 0 saturated carbocycles. The van der Waals surface area contributed by atoms with Gasteiger partial charge < -0.3 is 14.2 Å². The van der Waals surface area contributed by atoms with E-state index in [2.05, 4.69) is 4.57 Å². The maximum absolute atomic E-state index is 11.4. The van der Waals surface area contributed by atoms with Crippen LogP contribution in [0.2, 0.25) is 0 Å². The minimum Gasteiger partial charge on any atom is -0.492 e. The summed E-state index contributed by atoms with van der Waals surface area (Å²) in [5.41, 5.74) is 3.93. The predicted octanol–water partition coefficient (Wildman–Crippen LogP) is 3.91. The van der Waals surface area contributed by atoms with Crippen LogP contribution in [0.25, 0.3) is 10.9 Å². The number of aromatic nitrogens is 1. The third-order valence-corrected chi connectivity index (χ3v) is 4.32. The molecule has 0 radical (unpaired) electrons. The van der Waals surface area contributed by atoms with E-state index in [-0.39, 0.29) is 0 Å². The molecule has 0 N–H and O–H groups in total. The summed E-state index contributed by atoms with van der Waals surface area (Å²) in [5, 5.41) is 1.000. The van der Waals surface area contributed by atoms with Gasteiger partial charge in [-0.2, -0.15) is 0 Å². The summed E-state index contributed by atoms with van der Waals surface area (Å²) in [4.78, 5) is 13.5. The topological polar surface area (TPSA) is 34.5 Å². The van der Waals surface area contributed by atoms with Crippen molar-refractivity contribution in [2.45, 2.75) is 13.5 Å². The smallest absolute Gasteiger partial charge is 0.152 e. The Labute approximate surface area is 142 Å². The van der Waals surface area contributed by atoms with Gasteiger partial charge in [0.2, 0.25) is 0 Å². The highest BCUT2D eigenvalue weighted by Crippen LogP contribution is 2.25. The van der Waals surface area contributed by atoms with E-state index >= 15 is 0 Å². The zero-order valence-corrected chi connectivity index (χ0v) is 14.3. The van der Waals surface area contributed by atoms with E-state index in [9.17, 15) is 4.79 Å². The van der Waals surface area contributed by atoms with Gasteiger partial charge in [0, 0.05) is 48.0 Å². The Hall–Kier alpha value is -2.75. The van der Waals surface area contributed by atoms with Crippen molar-refractivity contribution in [3.05, 3.63) is 59.8 Å². The van der Waals surface area contributed by atoms with Gasteiger partial charge in [-0.05, 0) is 25.1 Å². The minimum absolute atomic E-state index is 0.550. The van der Waals surface area contributed by atoms with Crippen molar-refractivity contribution in [2.24, 2.45) is 0 Å². The molecule has 2 aromatic carbocycles. The number of nitrogens with zero attached hydrogens (tertiary/aromatic N) is 2. The largest absolute Gasteiger partial charge is 0.492 e. The standard InChI is InChI=1S/C20H22N2O2/c1-15-19(14-23)18-9-4-5-10-20(18)22(15)11-12-24-17-8-6-7-16(13-17)21(2)3/h4-10,13-14H,11-12H2,1-3H3. The van der Waals surface area contributed by atoms with Crippen LogP contribution in [0.15, 0.2) is 48.5 Å². The van der Waals surface area contributed by atoms with Crippen molar-refractivity contribution in [2.75, 3.05) is 25.6 Å². The lowest BCUT2D eigenvalue weighted by molar-refractivity contribution is 0.112. The highest BCUT2D eigenvalue weighted by molar-refractivity contribution is 5.99. The summed E-state index contributed by atoms with van der Waals surface area (Å²) in [6.07, 6.45) is 0.940. The molecule has 0 spiro atoms. The van der Waals surface area contributed by atoms with E-state index in [4.69, 9.17) is 4.74 Å². The molecule has 0 aliphatic carbocycles. The summed E-state index contributed by atoms with van der Waals surface area (Å²) in [7, 11) is 4.02. The van der Waals surface area contributed by atoms with Crippen LogP contribution in [0.5, 0.6) is 5.75 Å². The molecule has 3 rings (SSSR count). The molecule has 1 heterocycles. The van der Waals surface area contributed by atoms with Gasteiger partial charge in [-0.15, -0.1) is 0 Å². The van der Waals surface area contributed by atoms with Crippen LogP contribution in [0.3, 0.4) is 0 Å². The summed E-state index contributed by atoms with van der Waals surface area (Å²) in [6, 6.07) is 16.0. The van der Waals surface area contributed by atoms with Crippen molar-refractivity contribution in [1.29, 1.82) is 0 Å². The molecule has 4 nitrogen and oxygen atoms in total. The SMILES string of the molecule is Cc1c(C=O)c2ccccc2n1CCOc1cccc(N(C)C)c1. The van der Waals surface area contributed by atoms with E-state index in [1.54, 1.807) is 0 Å². The monoisotopic (exact) mass is 322 g/mol. The zero-order valence-electron chi connectivity index (χ0n) is 14.3. The third-order valence-electron chi connectivity index (χ3n) is 4.32. The average Bonchev–Trinajstić information content (AvgIpc) is 2.86. The molecule has 124 valence electrons. The maximum Gasteiger partial charge on any atom is 0.152 e. The molecule has 4 heteroatoms. The lowest BCUT2D eigenvalue weighted by atomic mass is 10.1. The molecule has 1 aromatic heterocycles. The van der Waals surface area contributed by atoms with E-state index in [0.29, 0.717) is 13.2 Å². The number of carbonyl (C=O) groups excluding carboxylic acids is 1. The summed E-state index contributed by atoms with van der Waals surface area (Å²) >= 11 is 0. The first kappa shape index (κ1) is 16.1. The number of aldehydes is 1. The Morgan fingerprint density at radius 3 is 2.67 bits per heavy atom. The molecule has 0 amide bonds. The van der Waals surface area contributed by atoms with Crippen molar-refractivity contribution in [1.82, 2.24) is 4.57 Å². The Bertz CT molecular complexity index is 865. The molecule has 0 fully saturated rings. The summed E-state index contributed by atoms with van der Waals surface area (Å²) in [6.45, 7) is 3.23. The summed E-state index contributed by atoms with van der Waals surface area (Å²) in [5.74, 6) is 0.853. The second kappa shape index (κ2) is 6.79.